The molecule has 180 valence electrons. The minimum Gasteiger partial charge on any atom is -0.371 e. The Morgan fingerprint density at radius 1 is 0.912 bits per heavy atom. The summed E-state index contributed by atoms with van der Waals surface area (Å²) in [7, 11) is -3.67. The number of piperidine rings is 1. The van der Waals surface area contributed by atoms with Crippen molar-refractivity contribution in [3.05, 3.63) is 84.7 Å². The molecule has 1 aliphatic rings. The lowest BCUT2D eigenvalue weighted by Gasteiger charge is -2.36. The molecule has 0 spiro atoms. The van der Waals surface area contributed by atoms with Crippen molar-refractivity contribution in [2.75, 3.05) is 22.7 Å². The number of nitrogens with one attached hydrogen (secondary N) is 2. The number of anilines is 2. The van der Waals surface area contributed by atoms with Gasteiger partial charge in [-0.3, -0.25) is 15.0 Å². The van der Waals surface area contributed by atoms with Crippen molar-refractivity contribution < 1.29 is 21.6 Å². The second-order valence-corrected chi connectivity index (χ2v) is 9.81. The average Bonchev–Trinajstić information content (AvgIpc) is 2.84. The molecule has 0 unspecified atom stereocenters. The third-order valence-electron chi connectivity index (χ3n) is 5.75. The van der Waals surface area contributed by atoms with Gasteiger partial charge < -0.3 is 4.90 Å². The van der Waals surface area contributed by atoms with E-state index in [1.54, 1.807) is 42.5 Å². The van der Waals surface area contributed by atoms with Crippen LogP contribution in [0.15, 0.2) is 83.9 Å². The van der Waals surface area contributed by atoms with Gasteiger partial charge in [-0.1, -0.05) is 24.3 Å². The summed E-state index contributed by atoms with van der Waals surface area (Å²) in [6.45, 7) is 1.17. The third kappa shape index (κ3) is 5.87. The molecule has 1 fully saturated rings. The molecule has 2 aromatic carbocycles. The van der Waals surface area contributed by atoms with E-state index in [0.29, 0.717) is 31.6 Å². The summed E-state index contributed by atoms with van der Waals surface area (Å²) in [5, 5.41) is 2.74. The van der Waals surface area contributed by atoms with Crippen molar-refractivity contribution in [2.24, 2.45) is 0 Å². The zero-order valence-corrected chi connectivity index (χ0v) is 19.1. The number of pyridine rings is 1. The molecule has 2 heterocycles. The molecule has 3 aromatic rings. The Bertz CT molecular complexity index is 1170. The van der Waals surface area contributed by atoms with Gasteiger partial charge in [-0.05, 0) is 61.4 Å². The van der Waals surface area contributed by atoms with Crippen LogP contribution in [0.4, 0.5) is 24.5 Å². The van der Waals surface area contributed by atoms with E-state index in [1.165, 1.54) is 24.4 Å². The van der Waals surface area contributed by atoms with E-state index in [0.717, 1.165) is 5.69 Å². The summed E-state index contributed by atoms with van der Waals surface area (Å²) in [4.78, 5) is 6.14. The lowest BCUT2D eigenvalue weighted by atomic mass is 10.0. The first-order valence-electron chi connectivity index (χ1n) is 10.9. The van der Waals surface area contributed by atoms with Crippen LogP contribution in [0.1, 0.15) is 24.6 Å². The fourth-order valence-electron chi connectivity index (χ4n) is 3.99. The number of halogens is 3. The van der Waals surface area contributed by atoms with Crippen LogP contribution in [0, 0.1) is 0 Å². The molecule has 34 heavy (non-hydrogen) atoms. The van der Waals surface area contributed by atoms with Gasteiger partial charge in [0.15, 0.2) is 0 Å². The molecule has 0 saturated carbocycles. The van der Waals surface area contributed by atoms with Crippen molar-refractivity contribution >= 4 is 21.4 Å². The molecule has 2 N–H and O–H groups in total. The molecule has 10 heteroatoms. The second kappa shape index (κ2) is 10.0. The van der Waals surface area contributed by atoms with E-state index in [-0.39, 0.29) is 16.6 Å². The number of sulfonamides is 1. The molecule has 0 amide bonds. The first-order chi connectivity index (χ1) is 16.2. The van der Waals surface area contributed by atoms with Crippen molar-refractivity contribution in [2.45, 2.75) is 36.0 Å². The number of alkyl halides is 3. The molecule has 0 radical (unpaired) electrons. The molecule has 1 saturated heterocycles. The Hall–Kier alpha value is -3.11. The predicted molar refractivity (Wildman–Crippen MR) is 125 cm³/mol. The Morgan fingerprint density at radius 2 is 1.56 bits per heavy atom. The Labute approximate surface area is 196 Å². The van der Waals surface area contributed by atoms with Gasteiger partial charge in [0.05, 0.1) is 10.6 Å². The maximum atomic E-state index is 13.6. The molecule has 4 rings (SSSR count). The monoisotopic (exact) mass is 490 g/mol. The smallest absolute Gasteiger partial charge is 0.371 e. The van der Waals surface area contributed by atoms with Crippen molar-refractivity contribution in [3.63, 3.8) is 0 Å². The number of hydrogen-bond donors (Lipinski definition) is 2. The molecule has 6 nitrogen and oxygen atoms in total. The highest BCUT2D eigenvalue weighted by Gasteiger charge is 2.43. The van der Waals surface area contributed by atoms with E-state index < -0.39 is 22.2 Å². The molecular weight excluding hydrogens is 465 g/mol. The van der Waals surface area contributed by atoms with Crippen molar-refractivity contribution in [3.8, 4) is 0 Å². The molecule has 1 atom stereocenters. The summed E-state index contributed by atoms with van der Waals surface area (Å²) in [5.74, 6) is 0. The SMILES string of the molecule is O=S(=O)(Nc1ccc(N2CCC(N[C@H](c3ccccn3)C(F)(F)F)CC2)cc1)c1ccccc1. The van der Waals surface area contributed by atoms with Gasteiger partial charge in [0.1, 0.15) is 6.04 Å². The normalized spacial score (nSPS) is 16.3. The van der Waals surface area contributed by atoms with Crippen molar-refractivity contribution in [1.82, 2.24) is 10.3 Å². The number of benzene rings is 2. The summed E-state index contributed by atoms with van der Waals surface area (Å²) >= 11 is 0. The van der Waals surface area contributed by atoms with Gasteiger partial charge in [-0.25, -0.2) is 8.42 Å². The minimum atomic E-state index is -4.44. The van der Waals surface area contributed by atoms with Gasteiger partial charge in [0.2, 0.25) is 0 Å². The summed E-state index contributed by atoms with van der Waals surface area (Å²) in [6, 6.07) is 17.5. The molecule has 0 bridgehead atoms. The second-order valence-electron chi connectivity index (χ2n) is 8.12. The number of hydrogen-bond acceptors (Lipinski definition) is 5. The molecule has 1 aliphatic heterocycles. The van der Waals surface area contributed by atoms with Crippen molar-refractivity contribution in [1.29, 1.82) is 0 Å². The van der Waals surface area contributed by atoms with E-state index in [2.05, 4.69) is 19.9 Å². The Balaban J connectivity index is 1.35. The van der Waals surface area contributed by atoms with Crippen LogP contribution in [0.5, 0.6) is 0 Å². The fourth-order valence-corrected chi connectivity index (χ4v) is 5.07. The predicted octanol–water partition coefficient (Wildman–Crippen LogP) is 4.74. The highest BCUT2D eigenvalue weighted by Crippen LogP contribution is 2.33. The van der Waals surface area contributed by atoms with Gasteiger partial charge in [0.25, 0.3) is 10.0 Å². The summed E-state index contributed by atoms with van der Waals surface area (Å²) in [6.07, 6.45) is -1.99. The van der Waals surface area contributed by atoms with E-state index in [9.17, 15) is 21.6 Å². The lowest BCUT2D eigenvalue weighted by Crippen LogP contribution is -2.47. The number of rotatable bonds is 7. The first-order valence-corrected chi connectivity index (χ1v) is 12.4. The zero-order valence-electron chi connectivity index (χ0n) is 18.2. The highest BCUT2D eigenvalue weighted by atomic mass is 32.2. The lowest BCUT2D eigenvalue weighted by molar-refractivity contribution is -0.161. The van der Waals surface area contributed by atoms with Crippen LogP contribution < -0.4 is 14.9 Å². The quantitative estimate of drug-likeness (QED) is 0.500. The van der Waals surface area contributed by atoms with Crippen LogP contribution in [0.2, 0.25) is 0 Å². The minimum absolute atomic E-state index is 0.0361. The maximum Gasteiger partial charge on any atom is 0.409 e. The van der Waals surface area contributed by atoms with Crippen LogP contribution in [-0.2, 0) is 10.0 Å². The highest BCUT2D eigenvalue weighted by molar-refractivity contribution is 7.92. The Morgan fingerprint density at radius 3 is 2.15 bits per heavy atom. The van der Waals surface area contributed by atoms with Crippen LogP contribution in [0.25, 0.3) is 0 Å². The largest absolute Gasteiger partial charge is 0.409 e. The molecular formula is C24H25F3N4O2S. The van der Waals surface area contributed by atoms with Crippen LogP contribution >= 0.6 is 0 Å². The summed E-state index contributed by atoms with van der Waals surface area (Å²) in [5.41, 5.74) is 1.29. The fraction of sp³-hybridized carbons (Fsp3) is 0.292. The van der Waals surface area contributed by atoms with Crippen LogP contribution in [0.3, 0.4) is 0 Å². The topological polar surface area (TPSA) is 74.3 Å². The maximum absolute atomic E-state index is 13.6. The number of aromatic nitrogens is 1. The van der Waals surface area contributed by atoms with Gasteiger partial charge in [-0.15, -0.1) is 0 Å². The van der Waals surface area contributed by atoms with Gasteiger partial charge in [-0.2, -0.15) is 13.2 Å². The van der Waals surface area contributed by atoms with E-state index in [1.807, 2.05) is 12.1 Å². The Kier molecular flexibility index (Phi) is 7.08. The average molecular weight is 491 g/mol. The van der Waals surface area contributed by atoms with E-state index in [4.69, 9.17) is 0 Å². The zero-order chi connectivity index (χ0) is 24.2. The molecule has 1 aromatic heterocycles. The van der Waals surface area contributed by atoms with E-state index >= 15 is 0 Å². The standard InChI is InChI=1S/C24H25F3N4O2S/c25-24(26,27)23(22-8-4-5-15-28-22)29-18-13-16-31(17-14-18)20-11-9-19(10-12-20)30-34(32,33)21-6-2-1-3-7-21/h1-12,15,18,23,29-30H,13-14,16-17H2/t23-/m1/s1. The third-order valence-corrected chi connectivity index (χ3v) is 7.14. The molecule has 0 aliphatic carbocycles. The summed E-state index contributed by atoms with van der Waals surface area (Å²) < 4.78 is 68.3. The van der Waals surface area contributed by atoms with Gasteiger partial charge in [0, 0.05) is 36.7 Å². The number of nitrogens with zero attached hydrogens (tertiary/aromatic N) is 2. The first kappa shape index (κ1) is 24.0. The van der Waals surface area contributed by atoms with Gasteiger partial charge >= 0.3 is 6.18 Å². The van der Waals surface area contributed by atoms with Crippen LogP contribution in [-0.4, -0.2) is 38.7 Å².